The van der Waals surface area contributed by atoms with Gasteiger partial charge in [0.1, 0.15) is 12.4 Å². The summed E-state index contributed by atoms with van der Waals surface area (Å²) < 4.78 is 14.0. The number of imidazole rings is 1. The lowest BCUT2D eigenvalue weighted by Crippen LogP contribution is -2.24. The Morgan fingerprint density at radius 3 is 2.46 bits per heavy atom. The average molecular weight is 470 g/mol. The molecule has 1 saturated heterocycles. The first-order valence-corrected chi connectivity index (χ1v) is 12.2. The van der Waals surface area contributed by atoms with Crippen molar-refractivity contribution in [2.45, 2.75) is 39.7 Å². The third-order valence-electron chi connectivity index (χ3n) is 6.70. The summed E-state index contributed by atoms with van der Waals surface area (Å²) in [5.74, 6) is 2.58. The Labute approximate surface area is 206 Å². The van der Waals surface area contributed by atoms with Crippen molar-refractivity contribution in [2.24, 2.45) is 0 Å². The molecule has 0 bridgehead atoms. The van der Waals surface area contributed by atoms with E-state index in [2.05, 4.69) is 36.6 Å². The van der Waals surface area contributed by atoms with Gasteiger partial charge in [0.25, 0.3) is 0 Å². The summed E-state index contributed by atoms with van der Waals surface area (Å²) in [5, 5.41) is 0. The van der Waals surface area contributed by atoms with Gasteiger partial charge in [0.05, 0.1) is 24.2 Å². The molecular weight excluding hydrogens is 438 g/mol. The topological polar surface area (TPSA) is 56.6 Å². The number of nitrogens with zero attached hydrogens (tertiary/aromatic N) is 3. The second kappa shape index (κ2) is 9.82. The SMILES string of the molecule is CCOc1ccccc1OCCn1c(C2CC(=O)N(c3ccc(C)c(C)c3)C2)nc2ccccc21. The van der Waals surface area contributed by atoms with Crippen LogP contribution in [-0.4, -0.2) is 35.2 Å². The largest absolute Gasteiger partial charge is 0.490 e. The van der Waals surface area contributed by atoms with Crippen LogP contribution in [0.15, 0.2) is 66.7 Å². The summed E-state index contributed by atoms with van der Waals surface area (Å²) in [5.41, 5.74) is 5.37. The van der Waals surface area contributed by atoms with Crippen LogP contribution in [0.1, 0.15) is 36.2 Å². The van der Waals surface area contributed by atoms with Crippen LogP contribution < -0.4 is 14.4 Å². The van der Waals surface area contributed by atoms with Crippen LogP contribution in [0, 0.1) is 13.8 Å². The number of benzene rings is 3. The van der Waals surface area contributed by atoms with Gasteiger partial charge in [0.2, 0.25) is 5.91 Å². The Kier molecular flexibility index (Phi) is 6.45. The molecule has 1 aliphatic heterocycles. The van der Waals surface area contributed by atoms with Gasteiger partial charge >= 0.3 is 0 Å². The fourth-order valence-electron chi connectivity index (χ4n) is 4.76. The highest BCUT2D eigenvalue weighted by Gasteiger charge is 2.35. The minimum Gasteiger partial charge on any atom is -0.490 e. The van der Waals surface area contributed by atoms with Crippen molar-refractivity contribution in [3.63, 3.8) is 0 Å². The molecule has 1 aliphatic rings. The fourth-order valence-corrected chi connectivity index (χ4v) is 4.76. The molecule has 3 aromatic carbocycles. The molecule has 0 radical (unpaired) electrons. The Bertz CT molecular complexity index is 1360. The van der Waals surface area contributed by atoms with Crippen LogP contribution in [0.5, 0.6) is 11.5 Å². The lowest BCUT2D eigenvalue weighted by molar-refractivity contribution is -0.117. The van der Waals surface area contributed by atoms with Gasteiger partial charge in [0.15, 0.2) is 11.5 Å². The van der Waals surface area contributed by atoms with Crippen LogP contribution >= 0.6 is 0 Å². The fraction of sp³-hybridized carbons (Fsp3) is 0.310. The number of anilines is 1. The van der Waals surface area contributed by atoms with Gasteiger partial charge in [0, 0.05) is 24.6 Å². The van der Waals surface area contributed by atoms with Crippen LogP contribution in [0.2, 0.25) is 0 Å². The van der Waals surface area contributed by atoms with E-state index in [0.717, 1.165) is 34.0 Å². The van der Waals surface area contributed by atoms with E-state index >= 15 is 0 Å². The van der Waals surface area contributed by atoms with E-state index in [9.17, 15) is 4.79 Å². The van der Waals surface area contributed by atoms with Crippen LogP contribution in [0.3, 0.4) is 0 Å². The van der Waals surface area contributed by atoms with E-state index in [0.29, 0.717) is 32.7 Å². The zero-order valence-corrected chi connectivity index (χ0v) is 20.5. The molecule has 1 fully saturated rings. The zero-order chi connectivity index (χ0) is 24.4. The van der Waals surface area contributed by atoms with Crippen molar-refractivity contribution >= 4 is 22.6 Å². The molecule has 180 valence electrons. The monoisotopic (exact) mass is 469 g/mol. The third kappa shape index (κ3) is 4.61. The maximum absolute atomic E-state index is 13.0. The summed E-state index contributed by atoms with van der Waals surface area (Å²) in [6.07, 6.45) is 0.449. The van der Waals surface area contributed by atoms with Gasteiger partial charge in [-0.25, -0.2) is 4.98 Å². The van der Waals surface area contributed by atoms with Crippen LogP contribution in [0.4, 0.5) is 5.69 Å². The normalized spacial score (nSPS) is 15.7. The molecule has 2 heterocycles. The standard InChI is InChI=1S/C29H31N3O3/c1-4-34-26-11-7-8-12-27(26)35-16-15-31-25-10-6-5-9-24(25)30-29(31)22-18-28(33)32(19-22)23-14-13-20(2)21(3)17-23/h5-14,17,22H,4,15-16,18-19H2,1-3H3. The van der Waals surface area contributed by atoms with E-state index in [1.54, 1.807) is 0 Å². The molecule has 0 spiro atoms. The predicted octanol–water partition coefficient (Wildman–Crippen LogP) is 5.65. The molecule has 4 aromatic rings. The molecule has 0 aliphatic carbocycles. The molecule has 0 N–H and O–H groups in total. The highest BCUT2D eigenvalue weighted by Crippen LogP contribution is 2.34. The van der Waals surface area contributed by atoms with E-state index in [1.807, 2.05) is 60.4 Å². The van der Waals surface area contributed by atoms with E-state index in [1.165, 1.54) is 11.1 Å². The first-order chi connectivity index (χ1) is 17.0. The summed E-state index contributed by atoms with van der Waals surface area (Å²) in [4.78, 5) is 19.9. The molecular formula is C29H31N3O3. The number of hydrogen-bond donors (Lipinski definition) is 0. The second-order valence-electron chi connectivity index (χ2n) is 9.01. The molecule has 0 saturated carbocycles. The molecule has 6 nitrogen and oxygen atoms in total. The quantitative estimate of drug-likeness (QED) is 0.335. The third-order valence-corrected chi connectivity index (χ3v) is 6.70. The van der Waals surface area contributed by atoms with Gasteiger partial charge in [-0.05, 0) is 68.3 Å². The summed E-state index contributed by atoms with van der Waals surface area (Å²) in [6, 6.07) is 22.1. The maximum atomic E-state index is 13.0. The molecule has 1 aromatic heterocycles. The summed E-state index contributed by atoms with van der Waals surface area (Å²) in [7, 11) is 0. The van der Waals surface area contributed by atoms with Gasteiger partial charge in [-0.2, -0.15) is 0 Å². The summed E-state index contributed by atoms with van der Waals surface area (Å²) in [6.45, 7) is 8.45. The van der Waals surface area contributed by atoms with Crippen molar-refractivity contribution in [1.29, 1.82) is 0 Å². The van der Waals surface area contributed by atoms with E-state index in [-0.39, 0.29) is 11.8 Å². The van der Waals surface area contributed by atoms with Crippen molar-refractivity contribution in [3.8, 4) is 11.5 Å². The van der Waals surface area contributed by atoms with Gasteiger partial charge in [-0.15, -0.1) is 0 Å². The number of amides is 1. The minimum atomic E-state index is 0.0206. The number of rotatable bonds is 8. The zero-order valence-electron chi connectivity index (χ0n) is 20.5. The number of ether oxygens (including phenoxy) is 2. The van der Waals surface area contributed by atoms with Crippen LogP contribution in [-0.2, 0) is 11.3 Å². The van der Waals surface area contributed by atoms with Crippen molar-refractivity contribution in [1.82, 2.24) is 9.55 Å². The lowest BCUT2D eigenvalue weighted by Gasteiger charge is -2.19. The molecule has 1 amide bonds. The molecule has 5 rings (SSSR count). The Morgan fingerprint density at radius 1 is 0.943 bits per heavy atom. The second-order valence-corrected chi connectivity index (χ2v) is 9.01. The number of carbonyl (C=O) groups is 1. The highest BCUT2D eigenvalue weighted by molar-refractivity contribution is 5.96. The lowest BCUT2D eigenvalue weighted by atomic mass is 10.1. The smallest absolute Gasteiger partial charge is 0.227 e. The molecule has 35 heavy (non-hydrogen) atoms. The van der Waals surface area contributed by atoms with Crippen molar-refractivity contribution < 1.29 is 14.3 Å². The Morgan fingerprint density at radius 2 is 1.69 bits per heavy atom. The van der Waals surface area contributed by atoms with E-state index in [4.69, 9.17) is 14.5 Å². The molecule has 1 unspecified atom stereocenters. The highest BCUT2D eigenvalue weighted by atomic mass is 16.5. The van der Waals surface area contributed by atoms with Gasteiger partial charge < -0.3 is 18.9 Å². The first-order valence-electron chi connectivity index (χ1n) is 12.2. The number of fused-ring (bicyclic) bond motifs is 1. The molecule has 1 atom stereocenters. The average Bonchev–Trinajstić information content (AvgIpc) is 3.43. The Balaban J connectivity index is 1.39. The minimum absolute atomic E-state index is 0.0206. The predicted molar refractivity (Wildman–Crippen MR) is 138 cm³/mol. The van der Waals surface area contributed by atoms with Gasteiger partial charge in [-0.1, -0.05) is 30.3 Å². The Hall–Kier alpha value is -3.80. The van der Waals surface area contributed by atoms with Gasteiger partial charge in [-0.3, -0.25) is 4.79 Å². The molecule has 6 heteroatoms. The van der Waals surface area contributed by atoms with Crippen LogP contribution in [0.25, 0.3) is 11.0 Å². The van der Waals surface area contributed by atoms with E-state index < -0.39 is 0 Å². The number of hydrogen-bond acceptors (Lipinski definition) is 4. The number of aryl methyl sites for hydroxylation is 2. The van der Waals surface area contributed by atoms with Crippen molar-refractivity contribution in [3.05, 3.63) is 83.7 Å². The summed E-state index contributed by atoms with van der Waals surface area (Å²) >= 11 is 0. The van der Waals surface area contributed by atoms with Crippen molar-refractivity contribution in [2.75, 3.05) is 24.7 Å². The maximum Gasteiger partial charge on any atom is 0.227 e. The first kappa shape index (κ1) is 23.0. The number of aromatic nitrogens is 2. The number of para-hydroxylation sites is 4. The number of carbonyl (C=O) groups excluding carboxylic acids is 1.